The molecule has 0 heterocycles. The number of nitro groups is 1. The second kappa shape index (κ2) is 5.69. The van der Waals surface area contributed by atoms with Crippen molar-refractivity contribution >= 4 is 27.3 Å². The number of rotatable bonds is 3. The van der Waals surface area contributed by atoms with Gasteiger partial charge in [0, 0.05) is 22.1 Å². The van der Waals surface area contributed by atoms with Gasteiger partial charge in [0.15, 0.2) is 0 Å². The standard InChI is InChI=1S/C13H17BrN2O2/c1-9-7-11(14)12(8-13(9)16(17)18)15-10-5-3-2-4-6-10/h7-8,10,15H,2-6H2,1H3. The fourth-order valence-electron chi connectivity index (χ4n) is 2.44. The van der Waals surface area contributed by atoms with E-state index in [1.807, 2.05) is 6.07 Å². The Balaban J connectivity index is 2.21. The number of halogens is 1. The molecule has 0 aliphatic heterocycles. The van der Waals surface area contributed by atoms with Gasteiger partial charge in [0.25, 0.3) is 5.69 Å². The summed E-state index contributed by atoms with van der Waals surface area (Å²) in [6, 6.07) is 3.88. The van der Waals surface area contributed by atoms with E-state index in [1.54, 1.807) is 13.0 Å². The highest BCUT2D eigenvalue weighted by Crippen LogP contribution is 2.32. The van der Waals surface area contributed by atoms with Crippen LogP contribution >= 0.6 is 15.9 Å². The van der Waals surface area contributed by atoms with Crippen molar-refractivity contribution in [2.24, 2.45) is 0 Å². The summed E-state index contributed by atoms with van der Waals surface area (Å²) in [5, 5.41) is 14.4. The summed E-state index contributed by atoms with van der Waals surface area (Å²) in [5.74, 6) is 0. The second-order valence-corrected chi connectivity index (χ2v) is 5.71. The van der Waals surface area contributed by atoms with E-state index in [0.29, 0.717) is 11.6 Å². The lowest BCUT2D eigenvalue weighted by molar-refractivity contribution is -0.385. The third-order valence-corrected chi connectivity index (χ3v) is 4.10. The van der Waals surface area contributed by atoms with Crippen molar-refractivity contribution in [1.29, 1.82) is 0 Å². The molecule has 1 saturated carbocycles. The average molecular weight is 313 g/mol. The molecule has 1 aromatic carbocycles. The third-order valence-electron chi connectivity index (χ3n) is 3.45. The molecule has 1 aromatic rings. The SMILES string of the molecule is Cc1cc(Br)c(NC2CCCCC2)cc1[N+](=O)[O-]. The first-order valence-electron chi connectivity index (χ1n) is 6.29. The Bertz CT molecular complexity index is 457. The Morgan fingerprint density at radius 3 is 2.61 bits per heavy atom. The molecule has 0 atom stereocenters. The molecule has 0 unspecified atom stereocenters. The minimum atomic E-state index is -0.326. The number of hydrogen-bond acceptors (Lipinski definition) is 3. The summed E-state index contributed by atoms with van der Waals surface area (Å²) in [6.45, 7) is 1.76. The van der Waals surface area contributed by atoms with Gasteiger partial charge in [-0.15, -0.1) is 0 Å². The highest BCUT2D eigenvalue weighted by Gasteiger charge is 2.18. The molecular formula is C13H17BrN2O2. The van der Waals surface area contributed by atoms with Gasteiger partial charge in [0.1, 0.15) is 0 Å². The lowest BCUT2D eigenvalue weighted by atomic mass is 9.95. The summed E-state index contributed by atoms with van der Waals surface area (Å²) in [5.41, 5.74) is 1.69. The number of hydrogen-bond donors (Lipinski definition) is 1. The molecule has 0 saturated heterocycles. The zero-order valence-corrected chi connectivity index (χ0v) is 12.0. The Kier molecular flexibility index (Phi) is 4.22. The molecule has 0 amide bonds. The van der Waals surface area contributed by atoms with Crippen LogP contribution in [0.3, 0.4) is 0 Å². The van der Waals surface area contributed by atoms with E-state index < -0.39 is 0 Å². The first kappa shape index (κ1) is 13.3. The summed E-state index contributed by atoms with van der Waals surface area (Å²) in [6.07, 6.45) is 6.07. The van der Waals surface area contributed by atoms with Crippen LogP contribution in [0.4, 0.5) is 11.4 Å². The van der Waals surface area contributed by atoms with Crippen molar-refractivity contribution in [1.82, 2.24) is 0 Å². The zero-order chi connectivity index (χ0) is 13.1. The predicted molar refractivity (Wildman–Crippen MR) is 76.0 cm³/mol. The van der Waals surface area contributed by atoms with Crippen LogP contribution in [0.1, 0.15) is 37.7 Å². The molecule has 0 aromatic heterocycles. The Hall–Kier alpha value is -1.10. The normalized spacial score (nSPS) is 16.6. The Morgan fingerprint density at radius 2 is 2.00 bits per heavy atom. The molecule has 4 nitrogen and oxygen atoms in total. The number of nitro benzene ring substituents is 1. The van der Waals surface area contributed by atoms with Gasteiger partial charge < -0.3 is 5.32 Å². The van der Waals surface area contributed by atoms with Crippen molar-refractivity contribution in [3.05, 3.63) is 32.3 Å². The fourth-order valence-corrected chi connectivity index (χ4v) is 3.01. The molecule has 1 N–H and O–H groups in total. The molecule has 0 radical (unpaired) electrons. The molecule has 0 spiro atoms. The zero-order valence-electron chi connectivity index (χ0n) is 10.4. The highest BCUT2D eigenvalue weighted by atomic mass is 79.9. The topological polar surface area (TPSA) is 55.2 Å². The summed E-state index contributed by atoms with van der Waals surface area (Å²) in [7, 11) is 0. The minimum Gasteiger partial charge on any atom is -0.381 e. The number of benzene rings is 1. The van der Waals surface area contributed by atoms with Crippen LogP contribution in [0.25, 0.3) is 0 Å². The predicted octanol–water partition coefficient (Wildman–Crippen LogP) is 4.41. The molecule has 1 fully saturated rings. The third kappa shape index (κ3) is 3.02. The van der Waals surface area contributed by atoms with Crippen LogP contribution in [0.2, 0.25) is 0 Å². The largest absolute Gasteiger partial charge is 0.381 e. The molecule has 18 heavy (non-hydrogen) atoms. The van der Waals surface area contributed by atoms with Crippen LogP contribution in [0.15, 0.2) is 16.6 Å². The first-order valence-corrected chi connectivity index (χ1v) is 7.08. The van der Waals surface area contributed by atoms with Crippen molar-refractivity contribution in [2.75, 3.05) is 5.32 Å². The van der Waals surface area contributed by atoms with Gasteiger partial charge in [-0.25, -0.2) is 0 Å². The maximum absolute atomic E-state index is 10.9. The van der Waals surface area contributed by atoms with E-state index in [1.165, 1.54) is 19.3 Å². The molecule has 1 aliphatic rings. The van der Waals surface area contributed by atoms with Gasteiger partial charge in [0.2, 0.25) is 0 Å². The van der Waals surface area contributed by atoms with E-state index in [0.717, 1.165) is 23.0 Å². The number of nitrogens with zero attached hydrogens (tertiary/aromatic N) is 1. The summed E-state index contributed by atoms with van der Waals surface area (Å²) < 4.78 is 0.899. The van der Waals surface area contributed by atoms with E-state index in [4.69, 9.17) is 0 Å². The molecule has 0 bridgehead atoms. The fraction of sp³-hybridized carbons (Fsp3) is 0.538. The van der Waals surface area contributed by atoms with Crippen molar-refractivity contribution in [3.63, 3.8) is 0 Å². The molecule has 1 aliphatic carbocycles. The Labute approximate surface area is 115 Å². The van der Waals surface area contributed by atoms with Crippen LogP contribution in [0.5, 0.6) is 0 Å². The summed E-state index contributed by atoms with van der Waals surface area (Å²) >= 11 is 3.47. The van der Waals surface area contributed by atoms with Gasteiger partial charge in [0.05, 0.1) is 10.6 Å². The summed E-state index contributed by atoms with van der Waals surface area (Å²) in [4.78, 5) is 10.6. The Morgan fingerprint density at radius 1 is 1.33 bits per heavy atom. The quantitative estimate of drug-likeness (QED) is 0.664. The van der Waals surface area contributed by atoms with E-state index in [2.05, 4.69) is 21.2 Å². The van der Waals surface area contributed by atoms with Crippen molar-refractivity contribution in [2.45, 2.75) is 45.1 Å². The van der Waals surface area contributed by atoms with E-state index >= 15 is 0 Å². The van der Waals surface area contributed by atoms with Crippen molar-refractivity contribution < 1.29 is 4.92 Å². The van der Waals surface area contributed by atoms with Gasteiger partial charge in [-0.05, 0) is 41.8 Å². The lowest BCUT2D eigenvalue weighted by Gasteiger charge is -2.24. The van der Waals surface area contributed by atoms with Gasteiger partial charge >= 0.3 is 0 Å². The second-order valence-electron chi connectivity index (χ2n) is 4.85. The number of anilines is 1. The molecule has 2 rings (SSSR count). The van der Waals surface area contributed by atoms with Crippen LogP contribution in [-0.2, 0) is 0 Å². The van der Waals surface area contributed by atoms with Gasteiger partial charge in [-0.2, -0.15) is 0 Å². The monoisotopic (exact) mass is 312 g/mol. The van der Waals surface area contributed by atoms with Gasteiger partial charge in [-0.1, -0.05) is 19.3 Å². The highest BCUT2D eigenvalue weighted by molar-refractivity contribution is 9.10. The van der Waals surface area contributed by atoms with Crippen LogP contribution < -0.4 is 5.32 Å². The van der Waals surface area contributed by atoms with Crippen LogP contribution in [-0.4, -0.2) is 11.0 Å². The van der Waals surface area contributed by atoms with E-state index in [-0.39, 0.29) is 10.6 Å². The maximum Gasteiger partial charge on any atom is 0.274 e. The molecular weight excluding hydrogens is 296 g/mol. The molecule has 5 heteroatoms. The smallest absolute Gasteiger partial charge is 0.274 e. The first-order chi connectivity index (χ1) is 8.58. The van der Waals surface area contributed by atoms with Crippen molar-refractivity contribution in [3.8, 4) is 0 Å². The average Bonchev–Trinajstić information content (AvgIpc) is 2.33. The molecule has 98 valence electrons. The lowest BCUT2D eigenvalue weighted by Crippen LogP contribution is -2.22. The number of nitrogens with one attached hydrogen (secondary N) is 1. The van der Waals surface area contributed by atoms with E-state index in [9.17, 15) is 10.1 Å². The van der Waals surface area contributed by atoms with Gasteiger partial charge in [-0.3, -0.25) is 10.1 Å². The maximum atomic E-state index is 10.9. The van der Waals surface area contributed by atoms with Crippen LogP contribution in [0, 0.1) is 17.0 Å². The minimum absolute atomic E-state index is 0.177. The number of aryl methyl sites for hydroxylation is 1.